The molecule has 140 valence electrons. The van der Waals surface area contributed by atoms with Crippen molar-refractivity contribution in [3.63, 3.8) is 0 Å². The van der Waals surface area contributed by atoms with Gasteiger partial charge in [-0.25, -0.2) is 4.79 Å². The van der Waals surface area contributed by atoms with Crippen LogP contribution >= 0.6 is 0 Å². The van der Waals surface area contributed by atoms with Crippen molar-refractivity contribution in [2.24, 2.45) is 0 Å². The monoisotopic (exact) mass is 367 g/mol. The standard InChI is InChI=1S/C21H21NO5/c1-3-10-26-17-9-6-15-11-18(21(24)27-19(15)12-17)20(23)22-13-14-4-7-16(25-2)8-5-14/h4-9,11-12H,3,10,13H2,1-2H3,(H,22,23). The minimum atomic E-state index is -0.678. The summed E-state index contributed by atoms with van der Waals surface area (Å²) >= 11 is 0. The molecule has 0 saturated carbocycles. The van der Waals surface area contributed by atoms with Gasteiger partial charge in [0, 0.05) is 18.0 Å². The number of rotatable bonds is 7. The smallest absolute Gasteiger partial charge is 0.349 e. The summed E-state index contributed by atoms with van der Waals surface area (Å²) < 4.78 is 15.9. The van der Waals surface area contributed by atoms with E-state index in [0.717, 1.165) is 17.7 Å². The number of fused-ring (bicyclic) bond motifs is 1. The zero-order chi connectivity index (χ0) is 19.2. The van der Waals surface area contributed by atoms with Crippen LogP contribution in [0.1, 0.15) is 29.3 Å². The first-order valence-electron chi connectivity index (χ1n) is 8.72. The van der Waals surface area contributed by atoms with Gasteiger partial charge in [-0.1, -0.05) is 19.1 Å². The normalized spacial score (nSPS) is 10.6. The maximum atomic E-state index is 12.4. The number of benzene rings is 2. The Hall–Kier alpha value is -3.28. The Bertz CT molecular complexity index is 992. The number of carbonyl (C=O) groups is 1. The van der Waals surface area contributed by atoms with E-state index in [-0.39, 0.29) is 5.56 Å². The minimum Gasteiger partial charge on any atom is -0.497 e. The van der Waals surface area contributed by atoms with Crippen molar-refractivity contribution in [1.29, 1.82) is 0 Å². The lowest BCUT2D eigenvalue weighted by atomic mass is 10.1. The molecule has 3 rings (SSSR count). The van der Waals surface area contributed by atoms with Crippen LogP contribution in [0, 0.1) is 0 Å². The molecule has 2 aromatic carbocycles. The first-order valence-corrected chi connectivity index (χ1v) is 8.72. The van der Waals surface area contributed by atoms with Gasteiger partial charge in [-0.15, -0.1) is 0 Å². The Labute approximate surface area is 156 Å². The molecule has 1 N–H and O–H groups in total. The van der Waals surface area contributed by atoms with Crippen molar-refractivity contribution in [3.8, 4) is 11.5 Å². The summed E-state index contributed by atoms with van der Waals surface area (Å²) in [6.45, 7) is 2.89. The number of carbonyl (C=O) groups excluding carboxylic acids is 1. The lowest BCUT2D eigenvalue weighted by molar-refractivity contribution is 0.0947. The summed E-state index contributed by atoms with van der Waals surface area (Å²) in [6.07, 6.45) is 0.884. The Balaban J connectivity index is 1.75. The molecular formula is C21H21NO5. The number of hydrogen-bond acceptors (Lipinski definition) is 5. The molecule has 6 nitrogen and oxygen atoms in total. The van der Waals surface area contributed by atoms with E-state index >= 15 is 0 Å². The molecule has 0 unspecified atom stereocenters. The Kier molecular flexibility index (Phi) is 5.76. The predicted molar refractivity (Wildman–Crippen MR) is 102 cm³/mol. The molecule has 0 saturated heterocycles. The second kappa shape index (κ2) is 8.40. The fourth-order valence-electron chi connectivity index (χ4n) is 2.58. The van der Waals surface area contributed by atoms with Crippen molar-refractivity contribution in [2.75, 3.05) is 13.7 Å². The van der Waals surface area contributed by atoms with Crippen molar-refractivity contribution in [3.05, 3.63) is 70.1 Å². The van der Waals surface area contributed by atoms with Gasteiger partial charge in [0.2, 0.25) is 0 Å². The molecule has 0 spiro atoms. The molecule has 0 atom stereocenters. The molecule has 0 aliphatic rings. The predicted octanol–water partition coefficient (Wildman–Crippen LogP) is 3.52. The highest BCUT2D eigenvalue weighted by Gasteiger charge is 2.14. The molecule has 0 aliphatic carbocycles. The van der Waals surface area contributed by atoms with Crippen LogP contribution in [0.3, 0.4) is 0 Å². The second-order valence-corrected chi connectivity index (χ2v) is 6.03. The quantitative estimate of drug-likeness (QED) is 0.647. The Morgan fingerprint density at radius 3 is 2.52 bits per heavy atom. The van der Waals surface area contributed by atoms with Crippen LogP contribution < -0.4 is 20.4 Å². The van der Waals surface area contributed by atoms with Crippen LogP contribution in [0.15, 0.2) is 57.7 Å². The van der Waals surface area contributed by atoms with Gasteiger partial charge in [-0.3, -0.25) is 4.79 Å². The molecule has 0 fully saturated rings. The largest absolute Gasteiger partial charge is 0.497 e. The summed E-state index contributed by atoms with van der Waals surface area (Å²) in [6, 6.07) is 14.1. The lowest BCUT2D eigenvalue weighted by Crippen LogP contribution is -2.27. The summed E-state index contributed by atoms with van der Waals surface area (Å²) in [5, 5.41) is 3.39. The van der Waals surface area contributed by atoms with E-state index in [1.165, 1.54) is 6.07 Å². The van der Waals surface area contributed by atoms with Crippen molar-refractivity contribution in [1.82, 2.24) is 5.32 Å². The van der Waals surface area contributed by atoms with Crippen molar-refractivity contribution < 1.29 is 18.7 Å². The first kappa shape index (κ1) is 18.5. The second-order valence-electron chi connectivity index (χ2n) is 6.03. The van der Waals surface area contributed by atoms with Gasteiger partial charge in [0.15, 0.2) is 0 Å². The van der Waals surface area contributed by atoms with Crippen molar-refractivity contribution in [2.45, 2.75) is 19.9 Å². The molecule has 1 amide bonds. The Morgan fingerprint density at radius 1 is 1.07 bits per heavy atom. The van der Waals surface area contributed by atoms with Crippen LogP contribution in [0.4, 0.5) is 0 Å². The molecule has 1 heterocycles. The van der Waals surface area contributed by atoms with Crippen LogP contribution in [0.5, 0.6) is 11.5 Å². The molecule has 0 bridgehead atoms. The summed E-state index contributed by atoms with van der Waals surface area (Å²) in [5.41, 5.74) is 0.577. The molecule has 6 heteroatoms. The third-order valence-corrected chi connectivity index (χ3v) is 4.04. The number of hydrogen-bond donors (Lipinski definition) is 1. The third-order valence-electron chi connectivity index (χ3n) is 4.04. The van der Waals surface area contributed by atoms with Crippen molar-refractivity contribution >= 4 is 16.9 Å². The molecule has 3 aromatic rings. The highest BCUT2D eigenvalue weighted by molar-refractivity contribution is 5.96. The molecular weight excluding hydrogens is 346 g/mol. The summed E-state index contributed by atoms with van der Waals surface area (Å²) in [5.74, 6) is 0.888. The lowest BCUT2D eigenvalue weighted by Gasteiger charge is -2.08. The highest BCUT2D eigenvalue weighted by Crippen LogP contribution is 2.21. The van der Waals surface area contributed by atoms with E-state index in [0.29, 0.717) is 29.9 Å². The fraction of sp³-hybridized carbons (Fsp3) is 0.238. The number of methoxy groups -OCH3 is 1. The van der Waals surface area contributed by atoms with Gasteiger partial charge < -0.3 is 19.2 Å². The van der Waals surface area contributed by atoms with E-state index in [1.54, 1.807) is 25.3 Å². The minimum absolute atomic E-state index is 0.0294. The molecule has 0 radical (unpaired) electrons. The number of nitrogens with one attached hydrogen (secondary N) is 1. The number of amides is 1. The summed E-state index contributed by atoms with van der Waals surface area (Å²) in [7, 11) is 1.59. The maximum Gasteiger partial charge on any atom is 0.349 e. The molecule has 1 aromatic heterocycles. The number of ether oxygens (including phenoxy) is 2. The van der Waals surface area contributed by atoms with Crippen LogP contribution in [-0.2, 0) is 6.54 Å². The van der Waals surface area contributed by atoms with Gasteiger partial charge in [0.1, 0.15) is 22.6 Å². The third kappa shape index (κ3) is 4.47. The average Bonchev–Trinajstić information content (AvgIpc) is 2.70. The van der Waals surface area contributed by atoms with Gasteiger partial charge >= 0.3 is 5.63 Å². The van der Waals surface area contributed by atoms with Gasteiger partial charge in [-0.05, 0) is 42.3 Å². The SMILES string of the molecule is CCCOc1ccc2cc(C(=O)NCc3ccc(OC)cc3)c(=O)oc2c1. The molecule has 27 heavy (non-hydrogen) atoms. The van der Waals surface area contributed by atoms with E-state index in [4.69, 9.17) is 13.9 Å². The Morgan fingerprint density at radius 2 is 1.81 bits per heavy atom. The van der Waals surface area contributed by atoms with Crippen LogP contribution in [0.2, 0.25) is 0 Å². The van der Waals surface area contributed by atoms with E-state index in [2.05, 4.69) is 5.32 Å². The molecule has 0 aliphatic heterocycles. The van der Waals surface area contributed by atoms with Crippen LogP contribution in [-0.4, -0.2) is 19.6 Å². The van der Waals surface area contributed by atoms with Gasteiger partial charge in [0.25, 0.3) is 5.91 Å². The van der Waals surface area contributed by atoms with Gasteiger partial charge in [0.05, 0.1) is 13.7 Å². The average molecular weight is 367 g/mol. The topological polar surface area (TPSA) is 77.8 Å². The zero-order valence-corrected chi connectivity index (χ0v) is 15.3. The zero-order valence-electron chi connectivity index (χ0n) is 15.3. The fourth-order valence-corrected chi connectivity index (χ4v) is 2.58. The highest BCUT2D eigenvalue weighted by atomic mass is 16.5. The summed E-state index contributed by atoms with van der Waals surface area (Å²) in [4.78, 5) is 24.6. The van der Waals surface area contributed by atoms with E-state index in [9.17, 15) is 9.59 Å². The van der Waals surface area contributed by atoms with E-state index < -0.39 is 11.5 Å². The maximum absolute atomic E-state index is 12.4. The van der Waals surface area contributed by atoms with E-state index in [1.807, 2.05) is 31.2 Å². The van der Waals surface area contributed by atoms with Crippen LogP contribution in [0.25, 0.3) is 11.0 Å². The van der Waals surface area contributed by atoms with Gasteiger partial charge in [-0.2, -0.15) is 0 Å². The first-order chi connectivity index (χ1) is 13.1.